The van der Waals surface area contributed by atoms with Crippen LogP contribution in [0.25, 0.3) is 0 Å². The first kappa shape index (κ1) is 38.0. The van der Waals surface area contributed by atoms with Gasteiger partial charge in [0.05, 0.1) is 30.4 Å². The molecule has 10 heteroatoms. The van der Waals surface area contributed by atoms with Crippen molar-refractivity contribution >= 4 is 19.6 Å². The predicted molar refractivity (Wildman–Crippen MR) is 179 cm³/mol. The molecule has 2 amide bonds. The Kier molecular flexibility index (Phi) is 18.4. The van der Waals surface area contributed by atoms with E-state index in [4.69, 9.17) is 13.8 Å². The number of hydrogen-bond donors (Lipinski definition) is 1. The second kappa shape index (κ2) is 22.2. The van der Waals surface area contributed by atoms with Gasteiger partial charge in [-0.3, -0.25) is 23.5 Å². The average molecular weight is 660 g/mol. The number of imide groups is 1. The minimum absolute atomic E-state index is 0.00404. The summed E-state index contributed by atoms with van der Waals surface area (Å²) in [5, 5.41) is 0. The monoisotopic (exact) mass is 659 g/mol. The van der Waals surface area contributed by atoms with Gasteiger partial charge in [-0.15, -0.1) is 0 Å². The fraction of sp³-hybridized carbons (Fsp3) is 0.639. The second-order valence-corrected chi connectivity index (χ2v) is 13.7. The van der Waals surface area contributed by atoms with E-state index in [0.717, 1.165) is 24.2 Å². The SMILES string of the molecule is CCCCCCCCCCCCCCCCCCOCC(COP(=O)(O)OCC[n+]1ccccc1)N1C(=O)c2ccccc2C1=O. The Hall–Kier alpha value is -2.42. The van der Waals surface area contributed by atoms with Gasteiger partial charge in [0, 0.05) is 18.7 Å². The second-order valence-electron chi connectivity index (χ2n) is 12.3. The van der Waals surface area contributed by atoms with Gasteiger partial charge in [-0.1, -0.05) is 121 Å². The lowest BCUT2D eigenvalue weighted by molar-refractivity contribution is -0.697. The molecule has 2 atom stereocenters. The van der Waals surface area contributed by atoms with Gasteiger partial charge in [-0.05, 0) is 18.6 Å². The summed E-state index contributed by atoms with van der Waals surface area (Å²) in [5.41, 5.74) is 0.609. The minimum Gasteiger partial charge on any atom is -0.379 e. The molecule has 2 heterocycles. The first-order valence-electron chi connectivity index (χ1n) is 17.5. The standard InChI is InChI=1S/C36H55N2O7P/c1-2-3-4-5-6-7-8-9-10-11-12-13-14-15-16-22-28-43-30-32(38-35(39)33-23-18-19-24-34(33)36(38)40)31-45-46(41,42)44-29-27-37-25-20-17-21-26-37/h17-21,23-26,32H,2-16,22,27-31H2,1H3/p+1. The molecule has 0 saturated carbocycles. The zero-order chi connectivity index (χ0) is 32.9. The van der Waals surface area contributed by atoms with Crippen molar-refractivity contribution in [2.75, 3.05) is 26.4 Å². The van der Waals surface area contributed by atoms with Crippen molar-refractivity contribution < 1.29 is 37.4 Å². The molecule has 0 saturated heterocycles. The van der Waals surface area contributed by atoms with Crippen LogP contribution in [0.1, 0.15) is 130 Å². The van der Waals surface area contributed by atoms with E-state index in [1.807, 2.05) is 35.2 Å². The van der Waals surface area contributed by atoms with Crippen LogP contribution < -0.4 is 4.57 Å². The lowest BCUT2D eigenvalue weighted by Crippen LogP contribution is -2.45. The lowest BCUT2D eigenvalue weighted by atomic mass is 10.0. The number of hydrogen-bond acceptors (Lipinski definition) is 6. The molecule has 0 fully saturated rings. The van der Waals surface area contributed by atoms with E-state index in [1.165, 1.54) is 83.5 Å². The van der Waals surface area contributed by atoms with Gasteiger partial charge < -0.3 is 9.63 Å². The van der Waals surface area contributed by atoms with Crippen molar-refractivity contribution in [3.63, 3.8) is 0 Å². The summed E-state index contributed by atoms with van der Waals surface area (Å²) in [6.07, 6.45) is 24.2. The number of ether oxygens (including phenoxy) is 1. The first-order chi connectivity index (χ1) is 22.4. The van der Waals surface area contributed by atoms with Crippen molar-refractivity contribution in [1.82, 2.24) is 4.90 Å². The maximum Gasteiger partial charge on any atom is 0.472 e. The van der Waals surface area contributed by atoms with E-state index < -0.39 is 25.7 Å². The van der Waals surface area contributed by atoms with Crippen molar-refractivity contribution in [3.05, 3.63) is 66.0 Å². The molecule has 1 N–H and O–H groups in total. The Balaban J connectivity index is 1.32. The first-order valence-corrected chi connectivity index (χ1v) is 19.0. The van der Waals surface area contributed by atoms with Gasteiger partial charge in [0.2, 0.25) is 0 Å². The van der Waals surface area contributed by atoms with Gasteiger partial charge in [0.25, 0.3) is 11.8 Å². The molecule has 1 aliphatic rings. The molecule has 1 aromatic carbocycles. The number of amides is 2. The molecular formula is C36H56N2O7P+. The molecule has 0 spiro atoms. The van der Waals surface area contributed by atoms with Crippen LogP contribution >= 0.6 is 7.82 Å². The van der Waals surface area contributed by atoms with Crippen molar-refractivity contribution in [2.24, 2.45) is 0 Å². The number of benzene rings is 1. The normalized spacial score (nSPS) is 14.9. The largest absolute Gasteiger partial charge is 0.472 e. The van der Waals surface area contributed by atoms with Crippen molar-refractivity contribution in [1.29, 1.82) is 0 Å². The highest BCUT2D eigenvalue weighted by molar-refractivity contribution is 7.47. The minimum atomic E-state index is -4.43. The summed E-state index contributed by atoms with van der Waals surface area (Å²) in [6.45, 7) is 2.68. The molecular weight excluding hydrogens is 603 g/mol. The number of pyridine rings is 1. The van der Waals surface area contributed by atoms with E-state index >= 15 is 0 Å². The lowest BCUT2D eigenvalue weighted by Gasteiger charge is -2.26. The molecule has 0 bridgehead atoms. The Labute approximate surface area is 276 Å². The van der Waals surface area contributed by atoms with Crippen LogP contribution in [0.2, 0.25) is 0 Å². The highest BCUT2D eigenvalue weighted by Gasteiger charge is 2.41. The van der Waals surface area contributed by atoms with Gasteiger partial charge in [-0.25, -0.2) is 9.13 Å². The van der Waals surface area contributed by atoms with Crippen LogP contribution in [0, 0.1) is 0 Å². The zero-order valence-electron chi connectivity index (χ0n) is 27.9. The number of carbonyl (C=O) groups is 2. The Morgan fingerprint density at radius 3 is 1.70 bits per heavy atom. The number of fused-ring (bicyclic) bond motifs is 1. The molecule has 9 nitrogen and oxygen atoms in total. The maximum atomic E-state index is 13.1. The summed E-state index contributed by atoms with van der Waals surface area (Å²) >= 11 is 0. The topological polar surface area (TPSA) is 106 Å². The van der Waals surface area contributed by atoms with E-state index in [-0.39, 0.29) is 19.8 Å². The molecule has 256 valence electrons. The van der Waals surface area contributed by atoms with Crippen molar-refractivity contribution in [3.8, 4) is 0 Å². The third kappa shape index (κ3) is 14.1. The third-order valence-corrected chi connectivity index (χ3v) is 9.44. The molecule has 1 aliphatic heterocycles. The van der Waals surface area contributed by atoms with Crippen LogP contribution in [0.15, 0.2) is 54.9 Å². The number of carbonyl (C=O) groups excluding carboxylic acids is 2. The predicted octanol–water partition coefficient (Wildman–Crippen LogP) is 8.05. The van der Waals surface area contributed by atoms with E-state index in [0.29, 0.717) is 24.3 Å². The molecule has 2 aromatic rings. The van der Waals surface area contributed by atoms with Crippen LogP contribution in [0.4, 0.5) is 0 Å². The fourth-order valence-corrected chi connectivity index (χ4v) is 6.52. The van der Waals surface area contributed by atoms with Crippen molar-refractivity contribution in [2.45, 2.75) is 122 Å². The molecule has 0 radical (unpaired) electrons. The van der Waals surface area contributed by atoms with E-state index in [1.54, 1.807) is 24.3 Å². The summed E-state index contributed by atoms with van der Waals surface area (Å²) in [5.74, 6) is -0.927. The van der Waals surface area contributed by atoms with Gasteiger partial charge in [-0.2, -0.15) is 0 Å². The highest BCUT2D eigenvalue weighted by Crippen LogP contribution is 2.43. The zero-order valence-corrected chi connectivity index (χ0v) is 28.8. The summed E-state index contributed by atoms with van der Waals surface area (Å²) in [4.78, 5) is 37.6. The number of phosphoric ester groups is 1. The quantitative estimate of drug-likeness (QED) is 0.0448. The van der Waals surface area contributed by atoms with Crippen LogP contribution in [-0.2, 0) is 24.9 Å². The van der Waals surface area contributed by atoms with Gasteiger partial charge in [0.15, 0.2) is 18.9 Å². The third-order valence-electron chi connectivity index (χ3n) is 8.45. The molecule has 2 unspecified atom stereocenters. The number of rotatable bonds is 27. The Morgan fingerprint density at radius 1 is 0.674 bits per heavy atom. The van der Waals surface area contributed by atoms with Crippen LogP contribution in [-0.4, -0.2) is 54.1 Å². The summed E-state index contributed by atoms with van der Waals surface area (Å²) < 4.78 is 30.7. The smallest absolute Gasteiger partial charge is 0.379 e. The number of unbranched alkanes of at least 4 members (excludes halogenated alkanes) is 15. The Morgan fingerprint density at radius 2 is 1.17 bits per heavy atom. The number of aromatic nitrogens is 1. The van der Waals surface area contributed by atoms with Crippen LogP contribution in [0.5, 0.6) is 0 Å². The summed E-state index contributed by atoms with van der Waals surface area (Å²) in [7, 11) is -4.43. The van der Waals surface area contributed by atoms with Gasteiger partial charge in [0.1, 0.15) is 6.61 Å². The molecule has 1 aromatic heterocycles. The fourth-order valence-electron chi connectivity index (χ4n) is 5.77. The van der Waals surface area contributed by atoms with E-state index in [9.17, 15) is 19.0 Å². The average Bonchev–Trinajstić information content (AvgIpc) is 3.31. The number of phosphoric acid groups is 1. The Bertz CT molecular complexity index is 1160. The highest BCUT2D eigenvalue weighted by atomic mass is 31.2. The molecule has 0 aliphatic carbocycles. The molecule has 46 heavy (non-hydrogen) atoms. The van der Waals surface area contributed by atoms with E-state index in [2.05, 4.69) is 6.92 Å². The van der Waals surface area contributed by atoms with Crippen LogP contribution in [0.3, 0.4) is 0 Å². The van der Waals surface area contributed by atoms with Gasteiger partial charge >= 0.3 is 7.82 Å². The summed E-state index contributed by atoms with van der Waals surface area (Å²) in [6, 6.07) is 11.3. The molecule has 3 rings (SSSR count). The number of nitrogens with zero attached hydrogens (tertiary/aromatic N) is 2. The maximum absolute atomic E-state index is 13.1.